The first kappa shape index (κ1) is 17.8. The van der Waals surface area contributed by atoms with E-state index < -0.39 is 10.3 Å². The summed E-state index contributed by atoms with van der Waals surface area (Å²) in [6, 6.07) is 1.40. The number of likely N-dealkylation sites (tertiary alicyclic amines) is 1. The second kappa shape index (κ2) is 6.94. The number of amides is 2. The van der Waals surface area contributed by atoms with Crippen LogP contribution in [0.15, 0.2) is 18.5 Å². The summed E-state index contributed by atoms with van der Waals surface area (Å²) in [5.41, 5.74) is -0.619. The van der Waals surface area contributed by atoms with Gasteiger partial charge in [0.1, 0.15) is 11.9 Å². The minimum Gasteiger partial charge on any atom is -0.341 e. The molecule has 1 atom stereocenters. The van der Waals surface area contributed by atoms with E-state index in [4.69, 9.17) is 0 Å². The number of piperidine rings is 1. The molecule has 8 heteroatoms. The number of pyridine rings is 1. The molecule has 1 aliphatic heterocycles. The highest BCUT2D eigenvalue weighted by Gasteiger charge is 2.33. The van der Waals surface area contributed by atoms with Crippen LogP contribution in [0.25, 0.3) is 0 Å². The van der Waals surface area contributed by atoms with Crippen LogP contribution in [-0.2, 0) is 9.59 Å². The number of hydrogen-bond acceptors (Lipinski definition) is 5. The molecule has 130 valence electrons. The van der Waals surface area contributed by atoms with E-state index in [-0.39, 0.29) is 29.1 Å². The molecule has 0 aliphatic carbocycles. The summed E-state index contributed by atoms with van der Waals surface area (Å²) in [5.74, 6) is -0.677. The molecular formula is C16H22N4O4. The summed E-state index contributed by atoms with van der Waals surface area (Å²) < 4.78 is 0. The van der Waals surface area contributed by atoms with Gasteiger partial charge in [-0.3, -0.25) is 24.7 Å². The van der Waals surface area contributed by atoms with Gasteiger partial charge in [0.25, 0.3) is 0 Å². The van der Waals surface area contributed by atoms with Gasteiger partial charge in [-0.05, 0) is 18.9 Å². The number of nitro groups is 1. The van der Waals surface area contributed by atoms with Gasteiger partial charge >= 0.3 is 5.69 Å². The minimum absolute atomic E-state index is 0.00916. The molecule has 1 fully saturated rings. The van der Waals surface area contributed by atoms with E-state index in [1.54, 1.807) is 4.90 Å². The van der Waals surface area contributed by atoms with Gasteiger partial charge in [-0.1, -0.05) is 20.8 Å². The van der Waals surface area contributed by atoms with Crippen LogP contribution >= 0.6 is 0 Å². The van der Waals surface area contributed by atoms with Gasteiger partial charge in [-0.25, -0.2) is 0 Å². The molecular weight excluding hydrogens is 312 g/mol. The Morgan fingerprint density at radius 1 is 1.42 bits per heavy atom. The molecule has 8 nitrogen and oxygen atoms in total. The third-order valence-electron chi connectivity index (χ3n) is 3.98. The van der Waals surface area contributed by atoms with Gasteiger partial charge in [-0.2, -0.15) is 0 Å². The van der Waals surface area contributed by atoms with Crippen LogP contribution in [0.5, 0.6) is 0 Å². The highest BCUT2D eigenvalue weighted by Crippen LogP contribution is 2.26. The van der Waals surface area contributed by atoms with Crippen molar-refractivity contribution < 1.29 is 14.5 Å². The third-order valence-corrected chi connectivity index (χ3v) is 3.98. The van der Waals surface area contributed by atoms with Crippen molar-refractivity contribution in [2.75, 3.05) is 18.4 Å². The Morgan fingerprint density at radius 2 is 2.12 bits per heavy atom. The normalized spacial score (nSPS) is 18.1. The zero-order chi connectivity index (χ0) is 17.9. The highest BCUT2D eigenvalue weighted by atomic mass is 16.6. The Morgan fingerprint density at radius 3 is 2.75 bits per heavy atom. The van der Waals surface area contributed by atoms with Crippen LogP contribution in [0.2, 0.25) is 0 Å². The maximum Gasteiger partial charge on any atom is 0.310 e. The van der Waals surface area contributed by atoms with Gasteiger partial charge < -0.3 is 10.2 Å². The minimum atomic E-state index is -0.584. The molecule has 2 heterocycles. The number of anilines is 1. The van der Waals surface area contributed by atoms with E-state index in [9.17, 15) is 19.7 Å². The van der Waals surface area contributed by atoms with Gasteiger partial charge in [0.15, 0.2) is 0 Å². The molecule has 24 heavy (non-hydrogen) atoms. The Balaban J connectivity index is 2.08. The fraction of sp³-hybridized carbons (Fsp3) is 0.562. The van der Waals surface area contributed by atoms with E-state index in [2.05, 4.69) is 10.3 Å². The summed E-state index contributed by atoms with van der Waals surface area (Å²) >= 11 is 0. The lowest BCUT2D eigenvalue weighted by Crippen LogP contribution is -2.47. The molecule has 2 amide bonds. The summed E-state index contributed by atoms with van der Waals surface area (Å²) in [5, 5.41) is 13.6. The lowest BCUT2D eigenvalue weighted by molar-refractivity contribution is -0.384. The number of hydrogen-bond donors (Lipinski definition) is 1. The first-order valence-corrected chi connectivity index (χ1v) is 7.89. The molecule has 2 rings (SSSR count). The average Bonchev–Trinajstić information content (AvgIpc) is 2.53. The van der Waals surface area contributed by atoms with E-state index in [0.29, 0.717) is 19.5 Å². The van der Waals surface area contributed by atoms with Gasteiger partial charge in [0.2, 0.25) is 11.8 Å². The van der Waals surface area contributed by atoms with Crippen molar-refractivity contribution in [2.24, 2.45) is 11.3 Å². The second-order valence-electron chi connectivity index (χ2n) is 6.98. The summed E-state index contributed by atoms with van der Waals surface area (Å²) in [6.45, 7) is 6.51. The molecule has 0 spiro atoms. The summed E-state index contributed by atoms with van der Waals surface area (Å²) in [6.07, 6.45) is 3.88. The lowest BCUT2D eigenvalue weighted by atomic mass is 9.91. The number of nitrogens with zero attached hydrogens (tertiary/aromatic N) is 3. The molecule has 1 aromatic rings. The van der Waals surface area contributed by atoms with Crippen molar-refractivity contribution in [3.63, 3.8) is 0 Å². The smallest absolute Gasteiger partial charge is 0.310 e. The molecule has 1 aliphatic rings. The van der Waals surface area contributed by atoms with Crippen LogP contribution in [-0.4, -0.2) is 39.7 Å². The Labute approximate surface area is 140 Å². The van der Waals surface area contributed by atoms with Gasteiger partial charge in [0, 0.05) is 24.7 Å². The molecule has 0 aromatic carbocycles. The predicted octanol–water partition coefficient (Wildman–Crippen LogP) is 2.21. The first-order valence-electron chi connectivity index (χ1n) is 7.89. The van der Waals surface area contributed by atoms with Crippen molar-refractivity contribution >= 4 is 23.2 Å². The van der Waals surface area contributed by atoms with Crippen LogP contribution in [0.1, 0.15) is 33.6 Å². The van der Waals surface area contributed by atoms with Crippen molar-refractivity contribution in [1.82, 2.24) is 9.88 Å². The largest absolute Gasteiger partial charge is 0.341 e. The molecule has 0 bridgehead atoms. The number of carbonyl (C=O) groups is 2. The van der Waals surface area contributed by atoms with Crippen LogP contribution < -0.4 is 5.32 Å². The second-order valence-corrected chi connectivity index (χ2v) is 6.98. The van der Waals surface area contributed by atoms with Gasteiger partial charge in [-0.15, -0.1) is 0 Å². The Bertz CT molecular complexity index is 654. The molecule has 0 saturated carbocycles. The fourth-order valence-electron chi connectivity index (χ4n) is 2.72. The SMILES string of the molecule is CC(C)(C)C(=O)N1CCCC(C(=O)Nc2ccncc2[N+](=O)[O-])C1. The zero-order valence-corrected chi connectivity index (χ0v) is 14.1. The maximum absolute atomic E-state index is 12.5. The molecule has 1 aromatic heterocycles. The zero-order valence-electron chi connectivity index (χ0n) is 14.1. The number of aromatic nitrogens is 1. The van der Waals surface area contributed by atoms with Crippen molar-refractivity contribution in [2.45, 2.75) is 33.6 Å². The monoisotopic (exact) mass is 334 g/mol. The van der Waals surface area contributed by atoms with E-state index in [0.717, 1.165) is 12.6 Å². The molecule has 1 saturated heterocycles. The highest BCUT2D eigenvalue weighted by molar-refractivity contribution is 5.95. The number of nitrogens with one attached hydrogen (secondary N) is 1. The van der Waals surface area contributed by atoms with Crippen molar-refractivity contribution in [1.29, 1.82) is 0 Å². The van der Waals surface area contributed by atoms with Crippen LogP contribution in [0.3, 0.4) is 0 Å². The number of rotatable bonds is 3. The average molecular weight is 334 g/mol. The topological polar surface area (TPSA) is 105 Å². The van der Waals surface area contributed by atoms with Crippen molar-refractivity contribution in [3.8, 4) is 0 Å². The van der Waals surface area contributed by atoms with E-state index in [1.165, 1.54) is 12.3 Å². The lowest BCUT2D eigenvalue weighted by Gasteiger charge is -2.35. The Hall–Kier alpha value is -2.51. The molecule has 0 radical (unpaired) electrons. The Kier molecular flexibility index (Phi) is 5.16. The molecule has 1 unspecified atom stereocenters. The predicted molar refractivity (Wildman–Crippen MR) is 88.3 cm³/mol. The maximum atomic E-state index is 12.5. The first-order chi connectivity index (χ1) is 11.2. The third kappa shape index (κ3) is 4.06. The quantitative estimate of drug-likeness (QED) is 0.674. The van der Waals surface area contributed by atoms with E-state index in [1.807, 2.05) is 20.8 Å². The van der Waals surface area contributed by atoms with E-state index >= 15 is 0 Å². The molecule has 1 N–H and O–H groups in total. The summed E-state index contributed by atoms with van der Waals surface area (Å²) in [7, 11) is 0. The van der Waals surface area contributed by atoms with Gasteiger partial charge in [0.05, 0.1) is 10.8 Å². The van der Waals surface area contributed by atoms with Crippen LogP contribution in [0.4, 0.5) is 11.4 Å². The summed E-state index contributed by atoms with van der Waals surface area (Å²) in [4.78, 5) is 40.7. The van der Waals surface area contributed by atoms with Crippen molar-refractivity contribution in [3.05, 3.63) is 28.6 Å². The standard InChI is InChI=1S/C16H22N4O4/c1-16(2,3)15(22)19-8-4-5-11(10-19)14(21)18-12-6-7-17-9-13(12)20(23)24/h6-7,9,11H,4-5,8,10H2,1-3H3,(H,17,18,21). The van der Waals surface area contributed by atoms with Crippen LogP contribution in [0, 0.1) is 21.4 Å². The number of carbonyl (C=O) groups excluding carboxylic acids is 2. The fourth-order valence-corrected chi connectivity index (χ4v) is 2.72.